The lowest BCUT2D eigenvalue weighted by Crippen LogP contribution is -2.23. The second-order valence-electron chi connectivity index (χ2n) is 8.54. The van der Waals surface area contributed by atoms with Gasteiger partial charge in [0.2, 0.25) is 9.84 Å². The van der Waals surface area contributed by atoms with E-state index in [2.05, 4.69) is 9.71 Å². The highest BCUT2D eigenvalue weighted by atomic mass is 32.3. The summed E-state index contributed by atoms with van der Waals surface area (Å²) in [7, 11) is -7.65. The highest BCUT2D eigenvalue weighted by molar-refractivity contribution is 7.96. The summed E-state index contributed by atoms with van der Waals surface area (Å²) in [6.45, 7) is 0.969. The number of ether oxygens (including phenoxy) is 1. The summed E-state index contributed by atoms with van der Waals surface area (Å²) >= 11 is 0.156. The second-order valence-corrected chi connectivity index (χ2v) is 13.6. The van der Waals surface area contributed by atoms with Crippen LogP contribution in [0.4, 0.5) is 32.0 Å². The van der Waals surface area contributed by atoms with Crippen LogP contribution in [0.15, 0.2) is 62.1 Å². The number of thiophene rings is 1. The topological polar surface area (TPSA) is 106 Å². The number of hydrogen-bond donors (Lipinski definition) is 1. The van der Waals surface area contributed by atoms with Gasteiger partial charge in [0.1, 0.15) is 20.3 Å². The van der Waals surface area contributed by atoms with Gasteiger partial charge in [0, 0.05) is 25.4 Å². The number of benzene rings is 1. The number of hydrogen-bond acceptors (Lipinski definition) is 8. The Kier molecular flexibility index (Phi) is 7.65. The highest BCUT2D eigenvalue weighted by Crippen LogP contribution is 2.40. The maximum absolute atomic E-state index is 13.5. The lowest BCUT2D eigenvalue weighted by atomic mass is 10.1. The molecule has 3 aromatic rings. The van der Waals surface area contributed by atoms with Gasteiger partial charge in [-0.25, -0.2) is 21.8 Å². The first-order chi connectivity index (χ1) is 18.0. The number of nitrogens with one attached hydrogen (secondary N) is 1. The van der Waals surface area contributed by atoms with Crippen LogP contribution in [0, 0.1) is 0 Å². The third-order valence-electron chi connectivity index (χ3n) is 5.60. The van der Waals surface area contributed by atoms with Gasteiger partial charge in [-0.15, -0.1) is 11.3 Å². The van der Waals surface area contributed by atoms with E-state index >= 15 is 0 Å². The minimum atomic E-state index is -5.04. The predicted molar refractivity (Wildman–Crippen MR) is 128 cm³/mol. The van der Waals surface area contributed by atoms with Gasteiger partial charge in [-0.2, -0.15) is 26.3 Å². The Morgan fingerprint density at radius 3 is 2.26 bits per heavy atom. The zero-order valence-electron chi connectivity index (χ0n) is 19.7. The summed E-state index contributed by atoms with van der Waals surface area (Å²) in [5.41, 5.74) is -2.93. The van der Waals surface area contributed by atoms with Crippen molar-refractivity contribution in [3.63, 3.8) is 0 Å². The van der Waals surface area contributed by atoms with E-state index < -0.39 is 68.6 Å². The number of likely N-dealkylation sites (tertiary alicyclic amines) is 1. The first kappa shape index (κ1) is 29.1. The van der Waals surface area contributed by atoms with Crippen molar-refractivity contribution < 1.29 is 47.9 Å². The molecule has 212 valence electrons. The zero-order chi connectivity index (χ0) is 28.8. The molecule has 0 saturated carbocycles. The van der Waals surface area contributed by atoms with Crippen molar-refractivity contribution in [3.8, 4) is 5.75 Å². The minimum absolute atomic E-state index is 0.156. The van der Waals surface area contributed by atoms with Gasteiger partial charge in [-0.1, -0.05) is 0 Å². The lowest BCUT2D eigenvalue weighted by Gasteiger charge is -2.19. The predicted octanol–water partition coefficient (Wildman–Crippen LogP) is 4.90. The summed E-state index contributed by atoms with van der Waals surface area (Å²) in [5.74, 6) is -0.590. The molecule has 0 unspecified atom stereocenters. The molecule has 17 heteroatoms. The number of sulfone groups is 1. The Hall–Kier alpha value is -2.89. The van der Waals surface area contributed by atoms with E-state index in [1.54, 1.807) is 7.05 Å². The maximum atomic E-state index is 13.5. The molecule has 1 saturated heterocycles. The van der Waals surface area contributed by atoms with Gasteiger partial charge in [0.25, 0.3) is 10.0 Å². The van der Waals surface area contributed by atoms with Gasteiger partial charge >= 0.3 is 12.4 Å². The van der Waals surface area contributed by atoms with Crippen LogP contribution in [0.2, 0.25) is 0 Å². The number of sulfonamides is 1. The summed E-state index contributed by atoms with van der Waals surface area (Å²) in [5, 5.41) is -1.29. The van der Waals surface area contributed by atoms with E-state index in [0.29, 0.717) is 31.6 Å². The molecule has 0 amide bonds. The normalized spacial score (nSPS) is 17.4. The molecular formula is C22H19F6N3O5S3. The number of likely N-dealkylation sites (N-methyl/N-ethyl adjacent to an activating group) is 1. The van der Waals surface area contributed by atoms with Crippen LogP contribution in [-0.2, 0) is 32.2 Å². The molecule has 3 heterocycles. The number of nitrogens with zero attached hydrogens (tertiary/aromatic N) is 2. The van der Waals surface area contributed by atoms with E-state index in [9.17, 15) is 43.2 Å². The fourth-order valence-corrected chi connectivity index (χ4v) is 8.10. The van der Waals surface area contributed by atoms with Crippen LogP contribution in [0.5, 0.6) is 5.75 Å². The third kappa shape index (κ3) is 6.31. The van der Waals surface area contributed by atoms with Gasteiger partial charge in [-0.05, 0) is 49.9 Å². The number of rotatable bonds is 7. The van der Waals surface area contributed by atoms with Crippen LogP contribution in [0.3, 0.4) is 0 Å². The summed E-state index contributed by atoms with van der Waals surface area (Å²) < 4.78 is 138. The first-order valence-corrected chi connectivity index (χ1v) is 14.7. The van der Waals surface area contributed by atoms with Crippen LogP contribution in [0.25, 0.3) is 0 Å². The molecule has 1 atom stereocenters. The van der Waals surface area contributed by atoms with Gasteiger partial charge in [0.05, 0.1) is 16.8 Å². The lowest BCUT2D eigenvalue weighted by molar-refractivity contribution is -0.140. The van der Waals surface area contributed by atoms with E-state index in [0.717, 1.165) is 36.5 Å². The van der Waals surface area contributed by atoms with Crippen LogP contribution in [0.1, 0.15) is 17.5 Å². The van der Waals surface area contributed by atoms with Gasteiger partial charge < -0.3 is 9.64 Å². The molecule has 0 aliphatic carbocycles. The molecule has 1 fully saturated rings. The number of pyridine rings is 1. The molecule has 1 aromatic carbocycles. The molecule has 1 N–H and O–H groups in total. The monoisotopic (exact) mass is 615 g/mol. The molecule has 0 spiro atoms. The fraction of sp³-hybridized carbons (Fsp3) is 0.318. The molecule has 2 aromatic heterocycles. The average Bonchev–Trinajstić information content (AvgIpc) is 3.48. The second kappa shape index (κ2) is 10.3. The van der Waals surface area contributed by atoms with Gasteiger partial charge in [-0.3, -0.25) is 4.72 Å². The third-order valence-corrected chi connectivity index (χ3v) is 10.8. The Labute approximate surface area is 223 Å². The quantitative estimate of drug-likeness (QED) is 0.377. The number of aromatic nitrogens is 1. The largest absolute Gasteiger partial charge is 0.488 e. The van der Waals surface area contributed by atoms with Crippen LogP contribution < -0.4 is 9.46 Å². The van der Waals surface area contributed by atoms with Crippen molar-refractivity contribution in [2.45, 2.75) is 38.3 Å². The van der Waals surface area contributed by atoms with Crippen molar-refractivity contribution in [3.05, 3.63) is 59.8 Å². The Morgan fingerprint density at radius 2 is 1.64 bits per heavy atom. The molecule has 0 bridgehead atoms. The van der Waals surface area contributed by atoms with Gasteiger partial charge in [0.15, 0.2) is 5.03 Å². The molecule has 1 aliphatic heterocycles. The number of halogens is 6. The molecular weight excluding hydrogens is 596 g/mol. The highest BCUT2D eigenvalue weighted by Gasteiger charge is 2.40. The van der Waals surface area contributed by atoms with E-state index in [-0.39, 0.29) is 17.0 Å². The summed E-state index contributed by atoms with van der Waals surface area (Å²) in [6, 6.07) is 5.48. The van der Waals surface area contributed by atoms with Crippen molar-refractivity contribution in [2.75, 3.05) is 24.9 Å². The van der Waals surface area contributed by atoms with E-state index in [1.165, 1.54) is 0 Å². The van der Waals surface area contributed by atoms with E-state index in [4.69, 9.17) is 4.74 Å². The first-order valence-electron chi connectivity index (χ1n) is 10.9. The van der Waals surface area contributed by atoms with Crippen LogP contribution >= 0.6 is 11.3 Å². The van der Waals surface area contributed by atoms with Crippen molar-refractivity contribution in [1.82, 2.24) is 9.88 Å². The Morgan fingerprint density at radius 1 is 0.974 bits per heavy atom. The van der Waals surface area contributed by atoms with Crippen molar-refractivity contribution >= 4 is 36.9 Å². The molecule has 8 nitrogen and oxygen atoms in total. The minimum Gasteiger partial charge on any atom is -0.488 e. The van der Waals surface area contributed by atoms with Crippen molar-refractivity contribution in [2.24, 2.45) is 0 Å². The number of alkyl halides is 6. The molecule has 0 radical (unpaired) electrons. The maximum Gasteiger partial charge on any atom is 0.419 e. The molecule has 39 heavy (non-hydrogen) atoms. The number of anilines is 1. The van der Waals surface area contributed by atoms with Crippen molar-refractivity contribution in [1.29, 1.82) is 0 Å². The van der Waals surface area contributed by atoms with E-state index in [1.807, 2.05) is 4.90 Å². The summed E-state index contributed by atoms with van der Waals surface area (Å²) in [6.07, 6.45) is -9.07. The Bertz CT molecular complexity index is 1590. The van der Waals surface area contributed by atoms with Crippen LogP contribution in [-0.4, -0.2) is 53.0 Å². The fourth-order valence-electron chi connectivity index (χ4n) is 3.80. The average molecular weight is 616 g/mol. The zero-order valence-corrected chi connectivity index (χ0v) is 22.2. The molecule has 1 aliphatic rings. The molecule has 4 rings (SSSR count). The standard InChI is InChI=1S/C22H19F6N3O5S3/c1-31-10-8-14(12-31)36-17-11-13(4-5-15(17)21(23,24)25)30-39(34,35)19-7-6-18(37-19)38(32,33)20-16(22(26,27)28)3-2-9-29-20/h2-7,9,11,14,30H,8,10,12H2,1H3/t14-/m1/s1. The Balaban J connectivity index is 1.63. The SMILES string of the molecule is CN1CC[C@@H](Oc2cc(NS(=O)(=O)c3ccc(S(=O)(=O)c4ncccc4C(F)(F)F)s3)ccc2C(F)(F)F)C1. The smallest absolute Gasteiger partial charge is 0.419 e. The summed E-state index contributed by atoms with van der Waals surface area (Å²) in [4.78, 5) is 5.20.